The van der Waals surface area contributed by atoms with Gasteiger partial charge in [0.1, 0.15) is 18.1 Å². The molecule has 1 rings (SSSR count). The third kappa shape index (κ3) is 2.85. The molecule has 1 heterocycles. The van der Waals surface area contributed by atoms with Gasteiger partial charge in [-0.2, -0.15) is 0 Å². The minimum atomic E-state index is -0.189. The van der Waals surface area contributed by atoms with E-state index in [-0.39, 0.29) is 12.5 Å². The molecule has 78 valence electrons. The lowest BCUT2D eigenvalue weighted by Gasteiger charge is -2.05. The Labute approximate surface area is 82.6 Å². The van der Waals surface area contributed by atoms with Gasteiger partial charge >= 0.3 is 0 Å². The Bertz CT molecular complexity index is 307. The van der Waals surface area contributed by atoms with Crippen molar-refractivity contribution in [1.29, 1.82) is 0 Å². The molecule has 0 unspecified atom stereocenters. The van der Waals surface area contributed by atoms with Crippen molar-refractivity contribution in [3.05, 3.63) is 17.7 Å². The first-order valence-electron chi connectivity index (χ1n) is 4.56. The highest BCUT2D eigenvalue weighted by atomic mass is 16.3. The minimum Gasteiger partial charge on any atom is -0.388 e. The number of imidazole rings is 1. The molecule has 0 aliphatic carbocycles. The Hall–Kier alpha value is -1.36. The number of nitrogens with one attached hydrogen (secondary N) is 2. The summed E-state index contributed by atoms with van der Waals surface area (Å²) in [5.74, 6) is 0.629. The number of nitrogens with zero attached hydrogens (tertiary/aromatic N) is 1. The standard InChI is InChI=1S/C9H15N3O2/c1-6(2)3-11-9(14)7-4-10-8(5-13)12-7/h4,6,13H,3,5H2,1-2H3,(H,10,12)(H,11,14). The van der Waals surface area contributed by atoms with Crippen molar-refractivity contribution in [2.24, 2.45) is 5.92 Å². The van der Waals surface area contributed by atoms with E-state index in [0.717, 1.165) is 0 Å². The van der Waals surface area contributed by atoms with E-state index in [2.05, 4.69) is 15.3 Å². The van der Waals surface area contributed by atoms with Crippen LogP contribution >= 0.6 is 0 Å². The maximum atomic E-state index is 11.4. The Morgan fingerprint density at radius 1 is 1.71 bits per heavy atom. The number of amides is 1. The third-order valence-corrected chi connectivity index (χ3v) is 1.69. The van der Waals surface area contributed by atoms with Gasteiger partial charge < -0.3 is 15.4 Å². The van der Waals surface area contributed by atoms with E-state index in [1.807, 2.05) is 13.8 Å². The summed E-state index contributed by atoms with van der Waals surface area (Å²) in [6.45, 7) is 4.49. The Balaban J connectivity index is 2.52. The maximum absolute atomic E-state index is 11.4. The molecule has 5 nitrogen and oxygen atoms in total. The zero-order valence-corrected chi connectivity index (χ0v) is 8.37. The molecular weight excluding hydrogens is 182 g/mol. The fourth-order valence-electron chi connectivity index (χ4n) is 0.950. The van der Waals surface area contributed by atoms with Crippen molar-refractivity contribution in [3.8, 4) is 0 Å². The molecule has 0 saturated heterocycles. The van der Waals surface area contributed by atoms with Crippen LogP contribution < -0.4 is 5.32 Å². The second-order valence-electron chi connectivity index (χ2n) is 3.51. The number of hydrogen-bond donors (Lipinski definition) is 3. The lowest BCUT2D eigenvalue weighted by Crippen LogP contribution is -2.27. The number of carbonyl (C=O) groups excluding carboxylic acids is 1. The van der Waals surface area contributed by atoms with Gasteiger partial charge in [-0.15, -0.1) is 0 Å². The summed E-state index contributed by atoms with van der Waals surface area (Å²) in [4.78, 5) is 17.9. The molecule has 5 heteroatoms. The highest BCUT2D eigenvalue weighted by molar-refractivity contribution is 5.92. The third-order valence-electron chi connectivity index (χ3n) is 1.69. The van der Waals surface area contributed by atoms with Gasteiger partial charge in [-0.05, 0) is 5.92 Å². The molecule has 0 fully saturated rings. The van der Waals surface area contributed by atoms with E-state index in [0.29, 0.717) is 24.0 Å². The van der Waals surface area contributed by atoms with Crippen LogP contribution in [0.2, 0.25) is 0 Å². The predicted molar refractivity (Wildman–Crippen MR) is 51.7 cm³/mol. The van der Waals surface area contributed by atoms with Gasteiger partial charge in [0.05, 0.1) is 6.20 Å². The van der Waals surface area contributed by atoms with Crippen LogP contribution in [0, 0.1) is 5.92 Å². The average molecular weight is 197 g/mol. The molecule has 0 radical (unpaired) electrons. The summed E-state index contributed by atoms with van der Waals surface area (Å²) in [7, 11) is 0. The predicted octanol–water partition coefficient (Wildman–Crippen LogP) is 0.288. The van der Waals surface area contributed by atoms with Crippen LogP contribution in [0.1, 0.15) is 30.2 Å². The van der Waals surface area contributed by atoms with Gasteiger partial charge in [0.15, 0.2) is 0 Å². The fourth-order valence-corrected chi connectivity index (χ4v) is 0.950. The number of hydrogen-bond acceptors (Lipinski definition) is 3. The van der Waals surface area contributed by atoms with Gasteiger partial charge in [0, 0.05) is 6.54 Å². The van der Waals surface area contributed by atoms with E-state index in [4.69, 9.17) is 5.11 Å². The largest absolute Gasteiger partial charge is 0.388 e. The maximum Gasteiger partial charge on any atom is 0.269 e. The molecule has 1 aromatic rings. The van der Waals surface area contributed by atoms with E-state index in [9.17, 15) is 4.79 Å². The number of aromatic amines is 1. The van der Waals surface area contributed by atoms with E-state index < -0.39 is 0 Å². The highest BCUT2D eigenvalue weighted by Crippen LogP contribution is 1.97. The SMILES string of the molecule is CC(C)CNC(=O)c1cnc(CO)[nH]1. The molecule has 1 aromatic heterocycles. The molecule has 0 spiro atoms. The van der Waals surface area contributed by atoms with Gasteiger partial charge in [-0.3, -0.25) is 4.79 Å². The van der Waals surface area contributed by atoms with Crippen LogP contribution in [-0.4, -0.2) is 27.5 Å². The normalized spacial score (nSPS) is 10.6. The monoisotopic (exact) mass is 197 g/mol. The first-order chi connectivity index (χ1) is 6.63. The summed E-state index contributed by atoms with van der Waals surface area (Å²) in [5.41, 5.74) is 0.384. The first-order valence-corrected chi connectivity index (χ1v) is 4.56. The van der Waals surface area contributed by atoms with Crippen molar-refractivity contribution in [2.45, 2.75) is 20.5 Å². The molecule has 0 aromatic carbocycles. The zero-order chi connectivity index (χ0) is 10.6. The number of rotatable bonds is 4. The van der Waals surface area contributed by atoms with Crippen molar-refractivity contribution in [3.63, 3.8) is 0 Å². The van der Waals surface area contributed by atoms with E-state index >= 15 is 0 Å². The van der Waals surface area contributed by atoms with Crippen molar-refractivity contribution in [2.75, 3.05) is 6.54 Å². The number of carbonyl (C=O) groups is 1. The van der Waals surface area contributed by atoms with Crippen LogP contribution in [0.3, 0.4) is 0 Å². The van der Waals surface area contributed by atoms with Gasteiger partial charge in [0.2, 0.25) is 0 Å². The topological polar surface area (TPSA) is 78.0 Å². The summed E-state index contributed by atoms with van der Waals surface area (Å²) >= 11 is 0. The molecule has 0 atom stereocenters. The Morgan fingerprint density at radius 2 is 2.43 bits per heavy atom. The second-order valence-corrected chi connectivity index (χ2v) is 3.51. The minimum absolute atomic E-state index is 0.183. The second kappa shape index (κ2) is 4.76. The first kappa shape index (κ1) is 10.7. The number of aliphatic hydroxyl groups is 1. The zero-order valence-electron chi connectivity index (χ0n) is 8.37. The highest BCUT2D eigenvalue weighted by Gasteiger charge is 2.08. The Morgan fingerprint density at radius 3 is 2.93 bits per heavy atom. The quantitative estimate of drug-likeness (QED) is 0.649. The number of aromatic nitrogens is 2. The molecule has 0 aliphatic rings. The summed E-state index contributed by atoms with van der Waals surface area (Å²) in [6.07, 6.45) is 1.42. The molecule has 0 saturated carbocycles. The van der Waals surface area contributed by atoms with Crippen molar-refractivity contribution in [1.82, 2.24) is 15.3 Å². The molecule has 14 heavy (non-hydrogen) atoms. The van der Waals surface area contributed by atoms with Crippen LogP contribution in [0.4, 0.5) is 0 Å². The lowest BCUT2D eigenvalue weighted by atomic mass is 10.2. The van der Waals surface area contributed by atoms with Crippen molar-refractivity contribution >= 4 is 5.91 Å². The fraction of sp³-hybridized carbons (Fsp3) is 0.556. The molecule has 0 bridgehead atoms. The average Bonchev–Trinajstić information content (AvgIpc) is 2.62. The van der Waals surface area contributed by atoms with Crippen LogP contribution in [0.25, 0.3) is 0 Å². The number of H-pyrrole nitrogens is 1. The molecular formula is C9H15N3O2. The smallest absolute Gasteiger partial charge is 0.269 e. The van der Waals surface area contributed by atoms with E-state index in [1.54, 1.807) is 0 Å². The summed E-state index contributed by atoms with van der Waals surface area (Å²) in [5, 5.41) is 11.5. The van der Waals surface area contributed by atoms with Crippen molar-refractivity contribution < 1.29 is 9.90 Å². The summed E-state index contributed by atoms with van der Waals surface area (Å²) < 4.78 is 0. The lowest BCUT2D eigenvalue weighted by molar-refractivity contribution is 0.0944. The van der Waals surface area contributed by atoms with Gasteiger partial charge in [0.25, 0.3) is 5.91 Å². The molecule has 1 amide bonds. The van der Waals surface area contributed by atoms with Gasteiger partial charge in [-0.1, -0.05) is 13.8 Å². The molecule has 3 N–H and O–H groups in total. The van der Waals surface area contributed by atoms with Gasteiger partial charge in [-0.25, -0.2) is 4.98 Å². The Kier molecular flexibility index (Phi) is 3.64. The van der Waals surface area contributed by atoms with Crippen LogP contribution in [0.5, 0.6) is 0 Å². The van der Waals surface area contributed by atoms with Crippen LogP contribution in [-0.2, 0) is 6.61 Å². The summed E-state index contributed by atoms with van der Waals surface area (Å²) in [6, 6.07) is 0. The number of aliphatic hydroxyl groups excluding tert-OH is 1. The van der Waals surface area contributed by atoms with E-state index in [1.165, 1.54) is 6.20 Å². The van der Waals surface area contributed by atoms with Crippen LogP contribution in [0.15, 0.2) is 6.20 Å². The molecule has 0 aliphatic heterocycles.